The Bertz CT molecular complexity index is 577. The van der Waals surface area contributed by atoms with Crippen molar-refractivity contribution in [2.75, 3.05) is 6.54 Å². The molecule has 5 heteroatoms. The van der Waals surface area contributed by atoms with Crippen LogP contribution in [0, 0.1) is 5.82 Å². The molecule has 2 aromatic carbocycles. The highest BCUT2D eigenvalue weighted by molar-refractivity contribution is 9.10. The van der Waals surface area contributed by atoms with Crippen LogP contribution in [0.4, 0.5) is 4.39 Å². The Morgan fingerprint density at radius 2 is 1.84 bits per heavy atom. The second-order valence-electron chi connectivity index (χ2n) is 3.97. The quantitative estimate of drug-likeness (QED) is 0.840. The lowest BCUT2D eigenvalue weighted by Crippen LogP contribution is -2.19. The van der Waals surface area contributed by atoms with Crippen molar-refractivity contribution in [3.05, 3.63) is 62.8 Å². The van der Waals surface area contributed by atoms with Gasteiger partial charge in [0.2, 0.25) is 0 Å². The van der Waals surface area contributed by atoms with Crippen LogP contribution in [0.25, 0.3) is 0 Å². The molecule has 1 atom stereocenters. The monoisotopic (exact) mass is 387 g/mol. The summed E-state index contributed by atoms with van der Waals surface area (Å²) in [4.78, 5) is 0. The van der Waals surface area contributed by atoms with E-state index in [0.717, 1.165) is 14.5 Å². The molecule has 0 fully saturated rings. The normalized spacial score (nSPS) is 12.2. The van der Waals surface area contributed by atoms with Gasteiger partial charge in [-0.15, -0.1) is 0 Å². The van der Waals surface area contributed by atoms with Crippen molar-refractivity contribution in [3.63, 3.8) is 0 Å². The molecule has 100 valence electrons. The van der Waals surface area contributed by atoms with Gasteiger partial charge in [-0.05, 0) is 35.9 Å². The predicted octanol–water partition coefficient (Wildman–Crippen LogP) is 4.43. The number of rotatable bonds is 4. The van der Waals surface area contributed by atoms with Gasteiger partial charge in [0, 0.05) is 15.5 Å². The van der Waals surface area contributed by atoms with E-state index >= 15 is 0 Å². The molecule has 0 bridgehead atoms. The highest BCUT2D eigenvalue weighted by Crippen LogP contribution is 2.28. The van der Waals surface area contributed by atoms with Gasteiger partial charge in [-0.25, -0.2) is 4.39 Å². The maximum absolute atomic E-state index is 13.7. The lowest BCUT2D eigenvalue weighted by molar-refractivity contribution is 0.204. The van der Waals surface area contributed by atoms with E-state index < -0.39 is 5.82 Å². The first kappa shape index (κ1) is 14.5. The van der Waals surface area contributed by atoms with Crippen molar-refractivity contribution in [1.82, 2.24) is 0 Å². The van der Waals surface area contributed by atoms with Gasteiger partial charge >= 0.3 is 0 Å². The summed E-state index contributed by atoms with van der Waals surface area (Å²) in [6, 6.07) is 12.2. The average Bonchev–Trinajstić information content (AvgIpc) is 2.39. The van der Waals surface area contributed by atoms with E-state index in [1.165, 1.54) is 6.07 Å². The van der Waals surface area contributed by atoms with Crippen LogP contribution in [-0.4, -0.2) is 6.54 Å². The van der Waals surface area contributed by atoms with Crippen LogP contribution in [0.1, 0.15) is 11.7 Å². The highest BCUT2D eigenvalue weighted by atomic mass is 79.9. The Morgan fingerprint density at radius 3 is 2.53 bits per heavy atom. The molecule has 0 aliphatic carbocycles. The number of ether oxygens (including phenoxy) is 1. The molecular formula is C14H12Br2FNO. The molecule has 19 heavy (non-hydrogen) atoms. The Balaban J connectivity index is 2.26. The average molecular weight is 389 g/mol. The minimum absolute atomic E-state index is 0.185. The molecule has 0 amide bonds. The Labute approximate surface area is 128 Å². The van der Waals surface area contributed by atoms with Crippen molar-refractivity contribution in [2.45, 2.75) is 6.10 Å². The molecule has 0 aliphatic heterocycles. The predicted molar refractivity (Wildman–Crippen MR) is 80.7 cm³/mol. The second-order valence-corrected chi connectivity index (χ2v) is 5.80. The zero-order chi connectivity index (χ0) is 13.8. The maximum Gasteiger partial charge on any atom is 0.165 e. The largest absolute Gasteiger partial charge is 0.481 e. The Morgan fingerprint density at radius 1 is 1.11 bits per heavy atom. The molecule has 0 heterocycles. The minimum Gasteiger partial charge on any atom is -0.481 e. The van der Waals surface area contributed by atoms with Gasteiger partial charge in [-0.2, -0.15) is 0 Å². The van der Waals surface area contributed by atoms with Gasteiger partial charge in [0.05, 0.1) is 0 Å². The van der Waals surface area contributed by atoms with Crippen LogP contribution < -0.4 is 10.5 Å². The molecule has 0 aromatic heterocycles. The summed E-state index contributed by atoms with van der Waals surface area (Å²) in [5.41, 5.74) is 6.62. The van der Waals surface area contributed by atoms with E-state index in [1.807, 2.05) is 24.3 Å². The van der Waals surface area contributed by atoms with Gasteiger partial charge in [-0.3, -0.25) is 0 Å². The molecule has 0 aliphatic rings. The van der Waals surface area contributed by atoms with E-state index in [4.69, 9.17) is 10.5 Å². The fourth-order valence-electron chi connectivity index (χ4n) is 1.68. The van der Waals surface area contributed by atoms with Crippen molar-refractivity contribution < 1.29 is 9.13 Å². The molecule has 2 rings (SSSR count). The van der Waals surface area contributed by atoms with E-state index in [1.54, 1.807) is 12.1 Å². The number of benzene rings is 2. The first-order valence-corrected chi connectivity index (χ1v) is 7.26. The van der Waals surface area contributed by atoms with E-state index in [9.17, 15) is 4.39 Å². The highest BCUT2D eigenvalue weighted by Gasteiger charge is 2.14. The topological polar surface area (TPSA) is 35.2 Å². The molecule has 0 saturated carbocycles. The van der Waals surface area contributed by atoms with Crippen molar-refractivity contribution in [1.29, 1.82) is 0 Å². The Kier molecular flexibility index (Phi) is 4.96. The van der Waals surface area contributed by atoms with Crippen LogP contribution in [0.15, 0.2) is 51.4 Å². The van der Waals surface area contributed by atoms with Crippen LogP contribution >= 0.6 is 31.9 Å². The zero-order valence-corrected chi connectivity index (χ0v) is 13.1. The number of nitrogens with two attached hydrogens (primary N) is 1. The molecule has 0 saturated heterocycles. The smallest absolute Gasteiger partial charge is 0.165 e. The molecule has 2 aromatic rings. The summed E-state index contributed by atoms with van der Waals surface area (Å²) in [5.74, 6) is -0.221. The lowest BCUT2D eigenvalue weighted by atomic mass is 10.1. The SMILES string of the molecule is NCC(Oc1cc(Br)ccc1F)c1cccc(Br)c1. The molecule has 2 N–H and O–H groups in total. The second kappa shape index (κ2) is 6.50. The van der Waals surface area contributed by atoms with Gasteiger partial charge in [0.15, 0.2) is 11.6 Å². The molecular weight excluding hydrogens is 377 g/mol. The van der Waals surface area contributed by atoms with Gasteiger partial charge < -0.3 is 10.5 Å². The lowest BCUT2D eigenvalue weighted by Gasteiger charge is -2.18. The molecule has 0 spiro atoms. The fraction of sp³-hybridized carbons (Fsp3) is 0.143. The van der Waals surface area contributed by atoms with Crippen LogP contribution in [0.5, 0.6) is 5.75 Å². The van der Waals surface area contributed by atoms with Crippen LogP contribution in [-0.2, 0) is 0 Å². The molecule has 2 nitrogen and oxygen atoms in total. The van der Waals surface area contributed by atoms with Crippen LogP contribution in [0.3, 0.4) is 0 Å². The third kappa shape index (κ3) is 3.78. The summed E-state index contributed by atoms with van der Waals surface area (Å²) in [7, 11) is 0. The van der Waals surface area contributed by atoms with Gasteiger partial charge in [0.25, 0.3) is 0 Å². The summed E-state index contributed by atoms with van der Waals surface area (Å²) >= 11 is 6.68. The van der Waals surface area contributed by atoms with E-state index in [2.05, 4.69) is 31.9 Å². The first-order valence-electron chi connectivity index (χ1n) is 5.67. The third-order valence-corrected chi connectivity index (χ3v) is 3.58. The zero-order valence-electron chi connectivity index (χ0n) is 9.95. The standard InChI is InChI=1S/C14H12Br2FNO/c15-10-3-1-2-9(6-10)14(8-18)19-13-7-11(16)4-5-12(13)17/h1-7,14H,8,18H2. The summed E-state index contributed by atoms with van der Waals surface area (Å²) < 4.78 is 21.0. The summed E-state index contributed by atoms with van der Waals surface area (Å²) in [6.07, 6.45) is -0.388. The first-order chi connectivity index (χ1) is 9.10. The molecule has 0 radical (unpaired) electrons. The summed E-state index contributed by atoms with van der Waals surface area (Å²) in [6.45, 7) is 0.266. The van der Waals surface area contributed by atoms with Gasteiger partial charge in [0.1, 0.15) is 6.10 Å². The molecule has 1 unspecified atom stereocenters. The van der Waals surface area contributed by atoms with Crippen LogP contribution in [0.2, 0.25) is 0 Å². The number of hydrogen-bond donors (Lipinski definition) is 1. The van der Waals surface area contributed by atoms with Crippen molar-refractivity contribution in [2.24, 2.45) is 5.73 Å². The Hall–Kier alpha value is -0.910. The van der Waals surface area contributed by atoms with E-state index in [-0.39, 0.29) is 18.4 Å². The van der Waals surface area contributed by atoms with Crippen molar-refractivity contribution >= 4 is 31.9 Å². The maximum atomic E-state index is 13.7. The third-order valence-electron chi connectivity index (χ3n) is 2.60. The van der Waals surface area contributed by atoms with Gasteiger partial charge in [-0.1, -0.05) is 44.0 Å². The van der Waals surface area contributed by atoms with E-state index in [0.29, 0.717) is 0 Å². The number of halogens is 3. The summed E-state index contributed by atoms with van der Waals surface area (Å²) in [5, 5.41) is 0. The fourth-order valence-corrected chi connectivity index (χ4v) is 2.44. The minimum atomic E-state index is -0.406. The number of hydrogen-bond acceptors (Lipinski definition) is 2. The van der Waals surface area contributed by atoms with Crippen molar-refractivity contribution in [3.8, 4) is 5.75 Å².